The van der Waals surface area contributed by atoms with Crippen molar-refractivity contribution in [3.63, 3.8) is 0 Å². The van der Waals surface area contributed by atoms with Gasteiger partial charge in [-0.1, -0.05) is 6.08 Å². The van der Waals surface area contributed by atoms with Gasteiger partial charge in [0.1, 0.15) is 11.4 Å². The molecule has 144 valence electrons. The van der Waals surface area contributed by atoms with E-state index < -0.39 is 0 Å². The molecule has 0 bridgehead atoms. The average Bonchev–Trinajstić information content (AvgIpc) is 2.68. The largest absolute Gasteiger partial charge is 0.493 e. The predicted octanol–water partition coefficient (Wildman–Crippen LogP) is 1.48. The van der Waals surface area contributed by atoms with Crippen LogP contribution in [0.3, 0.4) is 0 Å². The number of carbonyl (C=O) groups is 1. The van der Waals surface area contributed by atoms with E-state index in [0.29, 0.717) is 25.6 Å². The van der Waals surface area contributed by atoms with E-state index in [1.54, 1.807) is 37.5 Å². The van der Waals surface area contributed by atoms with Crippen LogP contribution in [0, 0.1) is 0 Å². The molecule has 0 atom stereocenters. The Balaban J connectivity index is 1.94. The zero-order chi connectivity index (χ0) is 19.5. The number of hydrogen-bond acceptors (Lipinski definition) is 6. The number of aryl methyl sites for hydroxylation is 1. The van der Waals surface area contributed by atoms with Crippen molar-refractivity contribution in [3.8, 4) is 17.1 Å². The lowest BCUT2D eigenvalue weighted by Gasteiger charge is -2.06. The van der Waals surface area contributed by atoms with Crippen LogP contribution in [0.15, 0.2) is 41.7 Å². The summed E-state index contributed by atoms with van der Waals surface area (Å²) in [6.07, 6.45) is 2.95. The molecule has 0 aliphatic rings. The molecule has 2 aromatic rings. The molecule has 8 nitrogen and oxygen atoms in total. The van der Waals surface area contributed by atoms with Gasteiger partial charge in [-0.15, -0.1) is 16.8 Å². The third kappa shape index (κ3) is 6.67. The van der Waals surface area contributed by atoms with Gasteiger partial charge in [0.25, 0.3) is 5.56 Å². The van der Waals surface area contributed by atoms with Gasteiger partial charge in [-0.05, 0) is 30.7 Å². The number of rotatable bonds is 11. The standard InChI is InChI=1S/C19H24N4O4/c1-3-4-12-27-15-7-5-14(6-8-15)18-21-19(25)16(22-23-18)9-10-17(24)20-11-13-26-2/h3,5-8H,1,4,9-13H2,2H3,(H,20,24)(H,21,23,25). The maximum atomic E-state index is 12.2. The van der Waals surface area contributed by atoms with Gasteiger partial charge in [0.05, 0.1) is 13.2 Å². The Bertz CT molecular complexity index is 802. The average molecular weight is 372 g/mol. The minimum Gasteiger partial charge on any atom is -0.493 e. The highest BCUT2D eigenvalue weighted by Crippen LogP contribution is 2.18. The van der Waals surface area contributed by atoms with Gasteiger partial charge >= 0.3 is 0 Å². The van der Waals surface area contributed by atoms with Crippen LogP contribution in [-0.4, -0.2) is 48.0 Å². The van der Waals surface area contributed by atoms with Crippen LogP contribution in [0.2, 0.25) is 0 Å². The highest BCUT2D eigenvalue weighted by atomic mass is 16.5. The van der Waals surface area contributed by atoms with Crippen LogP contribution in [0.4, 0.5) is 0 Å². The molecule has 8 heteroatoms. The number of ether oxygens (including phenoxy) is 2. The summed E-state index contributed by atoms with van der Waals surface area (Å²) in [5.74, 6) is 0.933. The fraction of sp³-hybridized carbons (Fsp3) is 0.368. The van der Waals surface area contributed by atoms with Crippen molar-refractivity contribution in [2.24, 2.45) is 0 Å². The first kappa shape index (κ1) is 20.3. The topological polar surface area (TPSA) is 106 Å². The molecule has 0 spiro atoms. The Labute approximate surface area is 157 Å². The van der Waals surface area contributed by atoms with Gasteiger partial charge in [-0.25, -0.2) is 0 Å². The van der Waals surface area contributed by atoms with E-state index in [9.17, 15) is 9.59 Å². The van der Waals surface area contributed by atoms with E-state index in [4.69, 9.17) is 9.47 Å². The number of aromatic amines is 1. The molecule has 2 N–H and O–H groups in total. The first-order valence-corrected chi connectivity index (χ1v) is 8.69. The molecule has 0 saturated heterocycles. The number of benzene rings is 1. The van der Waals surface area contributed by atoms with E-state index in [1.165, 1.54) is 0 Å². The second-order valence-electron chi connectivity index (χ2n) is 5.74. The smallest absolute Gasteiger partial charge is 0.273 e. The molecule has 0 aliphatic carbocycles. The Morgan fingerprint density at radius 2 is 2.04 bits per heavy atom. The third-order valence-electron chi connectivity index (χ3n) is 3.70. The zero-order valence-electron chi connectivity index (χ0n) is 15.4. The molecule has 0 saturated carbocycles. The number of nitrogens with zero attached hydrogens (tertiary/aromatic N) is 2. The van der Waals surface area contributed by atoms with E-state index in [-0.39, 0.29) is 30.0 Å². The minimum absolute atomic E-state index is 0.163. The maximum Gasteiger partial charge on any atom is 0.273 e. The van der Waals surface area contributed by atoms with E-state index in [1.807, 2.05) is 0 Å². The van der Waals surface area contributed by atoms with E-state index in [2.05, 4.69) is 27.1 Å². The lowest BCUT2D eigenvalue weighted by Crippen LogP contribution is -2.28. The second kappa shape index (κ2) is 10.9. The number of amides is 1. The summed E-state index contributed by atoms with van der Waals surface area (Å²) in [6, 6.07) is 7.20. The van der Waals surface area contributed by atoms with E-state index in [0.717, 1.165) is 17.7 Å². The molecule has 1 aromatic carbocycles. The summed E-state index contributed by atoms with van der Waals surface area (Å²) >= 11 is 0. The van der Waals surface area contributed by atoms with Crippen molar-refractivity contribution >= 4 is 5.91 Å². The monoisotopic (exact) mass is 372 g/mol. The molecule has 1 amide bonds. The molecule has 0 radical (unpaired) electrons. The second-order valence-corrected chi connectivity index (χ2v) is 5.74. The fourth-order valence-electron chi connectivity index (χ4n) is 2.24. The minimum atomic E-state index is -0.351. The number of carbonyl (C=O) groups excluding carboxylic acids is 1. The van der Waals surface area contributed by atoms with Crippen LogP contribution in [0.25, 0.3) is 11.4 Å². The molecule has 0 unspecified atom stereocenters. The van der Waals surface area contributed by atoms with Crippen molar-refractivity contribution in [1.82, 2.24) is 20.5 Å². The number of nitrogens with one attached hydrogen (secondary N) is 2. The Morgan fingerprint density at radius 1 is 1.26 bits per heavy atom. The molecule has 1 aromatic heterocycles. The number of methoxy groups -OCH3 is 1. The van der Waals surface area contributed by atoms with Crippen molar-refractivity contribution < 1.29 is 14.3 Å². The van der Waals surface area contributed by atoms with Gasteiger partial charge in [-0.3, -0.25) is 9.59 Å². The van der Waals surface area contributed by atoms with Crippen LogP contribution >= 0.6 is 0 Å². The van der Waals surface area contributed by atoms with Gasteiger partial charge < -0.3 is 19.8 Å². The zero-order valence-corrected chi connectivity index (χ0v) is 15.4. The van der Waals surface area contributed by atoms with Crippen molar-refractivity contribution in [2.45, 2.75) is 19.3 Å². The molecule has 27 heavy (non-hydrogen) atoms. The van der Waals surface area contributed by atoms with Crippen molar-refractivity contribution in [2.75, 3.05) is 26.9 Å². The fourth-order valence-corrected chi connectivity index (χ4v) is 2.24. The van der Waals surface area contributed by atoms with Crippen LogP contribution in [-0.2, 0) is 16.0 Å². The predicted molar refractivity (Wildman–Crippen MR) is 102 cm³/mol. The molecular formula is C19H24N4O4. The molecular weight excluding hydrogens is 348 g/mol. The Hall–Kier alpha value is -3.00. The van der Waals surface area contributed by atoms with Crippen LogP contribution < -0.4 is 15.6 Å². The maximum absolute atomic E-state index is 12.2. The van der Waals surface area contributed by atoms with Gasteiger partial charge in [0.2, 0.25) is 5.91 Å². The van der Waals surface area contributed by atoms with Crippen molar-refractivity contribution in [1.29, 1.82) is 0 Å². The third-order valence-corrected chi connectivity index (χ3v) is 3.70. The summed E-state index contributed by atoms with van der Waals surface area (Å²) in [6.45, 7) is 5.08. The summed E-state index contributed by atoms with van der Waals surface area (Å²) in [4.78, 5) is 26.6. The van der Waals surface area contributed by atoms with Crippen LogP contribution in [0.1, 0.15) is 18.5 Å². The van der Waals surface area contributed by atoms with Gasteiger partial charge in [0.15, 0.2) is 5.82 Å². The summed E-state index contributed by atoms with van der Waals surface area (Å²) in [7, 11) is 1.56. The van der Waals surface area contributed by atoms with Gasteiger partial charge in [0, 0.05) is 32.1 Å². The molecule has 0 aliphatic heterocycles. The number of aromatic nitrogens is 3. The first-order valence-electron chi connectivity index (χ1n) is 8.69. The van der Waals surface area contributed by atoms with Crippen molar-refractivity contribution in [3.05, 3.63) is 53.0 Å². The van der Waals surface area contributed by atoms with Crippen LogP contribution in [0.5, 0.6) is 5.75 Å². The van der Waals surface area contributed by atoms with E-state index >= 15 is 0 Å². The normalized spacial score (nSPS) is 10.4. The SMILES string of the molecule is C=CCCOc1ccc(-c2nnc(CCC(=O)NCCOC)c(=O)[nH]2)cc1. The lowest BCUT2D eigenvalue weighted by atomic mass is 10.2. The highest BCUT2D eigenvalue weighted by Gasteiger charge is 2.09. The molecule has 0 fully saturated rings. The molecule has 1 heterocycles. The summed E-state index contributed by atoms with van der Waals surface area (Å²) in [5, 5.41) is 10.7. The Kier molecular flexibility index (Phi) is 8.18. The lowest BCUT2D eigenvalue weighted by molar-refractivity contribution is -0.121. The number of hydrogen-bond donors (Lipinski definition) is 2. The summed E-state index contributed by atoms with van der Waals surface area (Å²) in [5.41, 5.74) is 0.598. The Morgan fingerprint density at radius 3 is 2.70 bits per heavy atom. The quantitative estimate of drug-likeness (QED) is 0.457. The summed E-state index contributed by atoms with van der Waals surface area (Å²) < 4.78 is 10.4. The van der Waals surface area contributed by atoms with Gasteiger partial charge in [-0.2, -0.15) is 0 Å². The molecule has 2 rings (SSSR count). The number of H-pyrrole nitrogens is 1. The highest BCUT2D eigenvalue weighted by molar-refractivity contribution is 5.76. The first-order chi connectivity index (χ1) is 13.1.